The monoisotopic (exact) mass is 159 g/mol. The van der Waals surface area contributed by atoms with Crippen molar-refractivity contribution in [2.75, 3.05) is 7.05 Å². The molecule has 0 aromatic rings. The van der Waals surface area contributed by atoms with Crippen molar-refractivity contribution in [3.05, 3.63) is 0 Å². The van der Waals surface area contributed by atoms with Crippen LogP contribution in [0.2, 0.25) is 0 Å². The maximum Gasteiger partial charge on any atom is 0.219 e. The van der Waals surface area contributed by atoms with Gasteiger partial charge in [0, 0.05) is 7.05 Å². The zero-order valence-electron chi connectivity index (χ0n) is 6.70. The van der Waals surface area contributed by atoms with Crippen LogP contribution >= 0.6 is 0 Å². The second-order valence-electron chi connectivity index (χ2n) is 2.46. The number of rotatable bonds is 4. The molecule has 0 aromatic carbocycles. The summed E-state index contributed by atoms with van der Waals surface area (Å²) >= 11 is 0. The molecule has 0 saturated carbocycles. The lowest BCUT2D eigenvalue weighted by Crippen LogP contribution is -2.44. The number of hydrazine groups is 1. The van der Waals surface area contributed by atoms with Crippen molar-refractivity contribution in [2.45, 2.75) is 19.4 Å². The average Bonchev–Trinajstić information content (AvgIpc) is 1.81. The predicted octanol–water partition coefficient (Wildman–Crippen LogP) is -1.38. The average molecular weight is 159 g/mol. The number of carbonyl (C=O) groups excluding carboxylic acids is 2. The van der Waals surface area contributed by atoms with E-state index < -0.39 is 11.9 Å². The lowest BCUT2D eigenvalue weighted by atomic mass is 10.1. The van der Waals surface area contributed by atoms with Gasteiger partial charge in [0.05, 0.1) is 12.5 Å². The highest BCUT2D eigenvalue weighted by atomic mass is 16.1. The molecular weight excluding hydrogens is 146 g/mol. The number of Topliss-reactive ketones (excluding diaryl/α,β-unsaturated/α-hetero) is 1. The first-order valence-electron chi connectivity index (χ1n) is 3.21. The fraction of sp³-hybridized carbons (Fsp3) is 0.667. The van der Waals surface area contributed by atoms with Gasteiger partial charge in [0.15, 0.2) is 0 Å². The topological polar surface area (TPSA) is 89.4 Å². The molecule has 4 N–H and O–H groups in total. The van der Waals surface area contributed by atoms with Crippen LogP contribution in [0.15, 0.2) is 0 Å². The number of hydrogen-bond acceptors (Lipinski definition) is 4. The van der Waals surface area contributed by atoms with E-state index in [-0.39, 0.29) is 12.2 Å². The highest BCUT2D eigenvalue weighted by molar-refractivity contribution is 5.87. The molecule has 11 heavy (non-hydrogen) atoms. The number of nitrogens with two attached hydrogens (primary N) is 2. The fourth-order valence-corrected chi connectivity index (χ4v) is 0.765. The third-order valence-electron chi connectivity index (χ3n) is 1.36. The number of nitrogens with zero attached hydrogens (tertiary/aromatic N) is 1. The van der Waals surface area contributed by atoms with Gasteiger partial charge in [-0.15, -0.1) is 0 Å². The summed E-state index contributed by atoms with van der Waals surface area (Å²) in [6, 6.07) is -0.590. The number of amides is 1. The van der Waals surface area contributed by atoms with E-state index in [4.69, 9.17) is 11.6 Å². The zero-order valence-corrected chi connectivity index (χ0v) is 6.70. The molecule has 5 heteroatoms. The molecule has 0 fully saturated rings. The Labute approximate surface area is 65.3 Å². The summed E-state index contributed by atoms with van der Waals surface area (Å²) in [6.45, 7) is 1.37. The Bertz CT molecular complexity index is 167. The molecule has 5 nitrogen and oxygen atoms in total. The van der Waals surface area contributed by atoms with E-state index in [1.807, 2.05) is 0 Å². The number of primary amides is 1. The van der Waals surface area contributed by atoms with Crippen molar-refractivity contribution in [2.24, 2.45) is 11.6 Å². The van der Waals surface area contributed by atoms with Gasteiger partial charge in [-0.2, -0.15) is 0 Å². The van der Waals surface area contributed by atoms with Crippen molar-refractivity contribution < 1.29 is 9.59 Å². The van der Waals surface area contributed by atoms with Gasteiger partial charge in [-0.3, -0.25) is 15.4 Å². The van der Waals surface area contributed by atoms with Crippen LogP contribution in [0.4, 0.5) is 0 Å². The van der Waals surface area contributed by atoms with Crippen molar-refractivity contribution in [3.8, 4) is 0 Å². The van der Waals surface area contributed by atoms with Crippen LogP contribution in [-0.4, -0.2) is 29.8 Å². The Hall–Kier alpha value is -0.940. The van der Waals surface area contributed by atoms with Gasteiger partial charge in [-0.05, 0) is 6.92 Å². The first kappa shape index (κ1) is 10.1. The molecule has 0 aliphatic heterocycles. The number of hydrogen-bond donors (Lipinski definition) is 2. The van der Waals surface area contributed by atoms with Gasteiger partial charge >= 0.3 is 0 Å². The van der Waals surface area contributed by atoms with Crippen LogP contribution in [0, 0.1) is 0 Å². The summed E-state index contributed by atoms with van der Waals surface area (Å²) in [5.74, 6) is 4.61. The zero-order chi connectivity index (χ0) is 9.02. The lowest BCUT2D eigenvalue weighted by molar-refractivity contribution is -0.127. The van der Waals surface area contributed by atoms with E-state index in [0.29, 0.717) is 0 Å². The predicted molar refractivity (Wildman–Crippen MR) is 40.2 cm³/mol. The molecule has 1 amide bonds. The third kappa shape index (κ3) is 3.69. The normalized spacial score (nSPS) is 13.1. The van der Waals surface area contributed by atoms with Crippen LogP contribution in [-0.2, 0) is 9.59 Å². The van der Waals surface area contributed by atoms with Gasteiger partial charge in [-0.25, -0.2) is 5.01 Å². The van der Waals surface area contributed by atoms with Crippen molar-refractivity contribution in [3.63, 3.8) is 0 Å². The highest BCUT2D eigenvalue weighted by Gasteiger charge is 2.19. The van der Waals surface area contributed by atoms with E-state index in [1.165, 1.54) is 19.0 Å². The Balaban J connectivity index is 4.12. The minimum absolute atomic E-state index is 0.0255. The van der Waals surface area contributed by atoms with Gasteiger partial charge < -0.3 is 5.73 Å². The third-order valence-corrected chi connectivity index (χ3v) is 1.36. The summed E-state index contributed by atoms with van der Waals surface area (Å²) in [7, 11) is 1.52. The van der Waals surface area contributed by atoms with Gasteiger partial charge in [0.25, 0.3) is 0 Å². The minimum Gasteiger partial charge on any atom is -0.370 e. The minimum atomic E-state index is -0.590. The van der Waals surface area contributed by atoms with Crippen molar-refractivity contribution in [1.29, 1.82) is 0 Å². The molecule has 0 bridgehead atoms. The van der Waals surface area contributed by atoms with Gasteiger partial charge in [0.2, 0.25) is 5.91 Å². The van der Waals surface area contributed by atoms with Gasteiger partial charge in [0.1, 0.15) is 5.78 Å². The Morgan fingerprint density at radius 1 is 1.55 bits per heavy atom. The summed E-state index contributed by atoms with van der Waals surface area (Å²) in [6.07, 6.45) is -0.0255. The molecule has 0 spiro atoms. The SMILES string of the molecule is CC(=O)[C@H](CC(N)=O)N(C)N. The maximum atomic E-state index is 10.8. The Morgan fingerprint density at radius 3 is 2.09 bits per heavy atom. The Morgan fingerprint density at radius 2 is 2.00 bits per heavy atom. The summed E-state index contributed by atoms with van der Waals surface area (Å²) in [5.41, 5.74) is 4.90. The van der Waals surface area contributed by atoms with Crippen molar-refractivity contribution >= 4 is 11.7 Å². The standard InChI is InChI=1S/C6H13N3O2/c1-4(10)5(9(2)8)3-6(7)11/h5H,3,8H2,1-2H3,(H2,7,11)/t5-/m0/s1. The number of likely N-dealkylation sites (N-methyl/N-ethyl adjacent to an activating group) is 1. The summed E-state index contributed by atoms with van der Waals surface area (Å²) < 4.78 is 0. The maximum absolute atomic E-state index is 10.8. The quantitative estimate of drug-likeness (QED) is 0.391. The van der Waals surface area contributed by atoms with E-state index in [9.17, 15) is 9.59 Å². The molecule has 0 heterocycles. The highest BCUT2D eigenvalue weighted by Crippen LogP contribution is 1.97. The van der Waals surface area contributed by atoms with E-state index in [2.05, 4.69) is 0 Å². The molecular formula is C6H13N3O2. The molecule has 0 aliphatic carbocycles. The molecule has 1 atom stereocenters. The second-order valence-corrected chi connectivity index (χ2v) is 2.46. The number of carbonyl (C=O) groups is 2. The largest absolute Gasteiger partial charge is 0.370 e. The van der Waals surface area contributed by atoms with E-state index >= 15 is 0 Å². The van der Waals surface area contributed by atoms with Crippen molar-refractivity contribution in [1.82, 2.24) is 5.01 Å². The second kappa shape index (κ2) is 4.05. The fourth-order valence-electron chi connectivity index (χ4n) is 0.765. The molecule has 0 saturated heterocycles. The van der Waals surface area contributed by atoms with Gasteiger partial charge in [-0.1, -0.05) is 0 Å². The molecule has 0 rings (SSSR count). The van der Waals surface area contributed by atoms with Crippen LogP contribution in [0.25, 0.3) is 0 Å². The van der Waals surface area contributed by atoms with Crippen LogP contribution in [0.5, 0.6) is 0 Å². The first-order chi connectivity index (χ1) is 4.95. The summed E-state index contributed by atoms with van der Waals surface area (Å²) in [4.78, 5) is 21.2. The molecule has 0 radical (unpaired) electrons. The first-order valence-corrected chi connectivity index (χ1v) is 3.21. The lowest BCUT2D eigenvalue weighted by Gasteiger charge is -2.18. The molecule has 64 valence electrons. The molecule has 0 aromatic heterocycles. The molecule has 0 aliphatic rings. The Kier molecular flexibility index (Phi) is 3.70. The van der Waals surface area contributed by atoms with Crippen LogP contribution in [0.3, 0.4) is 0 Å². The smallest absolute Gasteiger partial charge is 0.219 e. The van der Waals surface area contributed by atoms with E-state index in [0.717, 1.165) is 0 Å². The molecule has 0 unspecified atom stereocenters. The van der Waals surface area contributed by atoms with Crippen LogP contribution in [0.1, 0.15) is 13.3 Å². The number of ketones is 1. The summed E-state index contributed by atoms with van der Waals surface area (Å²) in [5, 5.41) is 1.19. The van der Waals surface area contributed by atoms with Crippen LogP contribution < -0.4 is 11.6 Å². The van der Waals surface area contributed by atoms with E-state index in [1.54, 1.807) is 0 Å².